The molecule has 0 heterocycles. The van der Waals surface area contributed by atoms with E-state index in [1.54, 1.807) is 0 Å². The minimum absolute atomic E-state index is 0.0761. The highest BCUT2D eigenvalue weighted by atomic mass is 31.2. The van der Waals surface area contributed by atoms with Crippen LogP contribution in [0.2, 0.25) is 0 Å². The molecule has 0 aliphatic heterocycles. The largest absolute Gasteiger partial charge is 0.472 e. The zero-order chi connectivity index (χ0) is 43.4. The highest BCUT2D eigenvalue weighted by Crippen LogP contribution is 2.43. The molecule has 0 fully saturated rings. The molecular weight excluding hydrogens is 758 g/mol. The van der Waals surface area contributed by atoms with E-state index in [4.69, 9.17) is 18.5 Å². The monoisotopic (exact) mass is 853 g/mol. The van der Waals surface area contributed by atoms with Crippen molar-refractivity contribution in [1.82, 2.24) is 0 Å². The number of likely N-dealkylation sites (N-methyl/N-ethyl adjacent to an activating group) is 1. The minimum Gasteiger partial charge on any atom is -0.457 e. The molecule has 0 bridgehead atoms. The Morgan fingerprint density at radius 3 is 1.37 bits per heavy atom. The van der Waals surface area contributed by atoms with Gasteiger partial charge in [-0.25, -0.2) is 4.57 Å². The molecule has 0 amide bonds. The fraction of sp³-hybridized carbons (Fsp3) is 0.820. The minimum atomic E-state index is -4.29. The predicted octanol–water partition coefficient (Wildman–Crippen LogP) is 14.7. The number of carbonyl (C=O) groups excluding carboxylic acids is 1. The number of hydrogen-bond donors (Lipinski definition) is 1. The van der Waals surface area contributed by atoms with Crippen LogP contribution in [0.25, 0.3) is 0 Å². The number of allylic oxidation sites excluding steroid dienone is 8. The van der Waals surface area contributed by atoms with E-state index in [9.17, 15) is 14.3 Å². The molecule has 0 saturated carbocycles. The lowest BCUT2D eigenvalue weighted by Gasteiger charge is -2.24. The quantitative estimate of drug-likeness (QED) is 0.0214. The van der Waals surface area contributed by atoms with Crippen molar-refractivity contribution in [3.8, 4) is 0 Å². The third-order valence-corrected chi connectivity index (χ3v) is 11.4. The summed E-state index contributed by atoms with van der Waals surface area (Å²) in [6.07, 6.45) is 53.3. The van der Waals surface area contributed by atoms with Crippen LogP contribution in [0.1, 0.15) is 206 Å². The molecule has 0 saturated heterocycles. The Morgan fingerprint density at radius 2 is 0.949 bits per heavy atom. The van der Waals surface area contributed by atoms with Gasteiger partial charge in [0.25, 0.3) is 0 Å². The second-order valence-corrected chi connectivity index (χ2v) is 18.9. The molecule has 59 heavy (non-hydrogen) atoms. The van der Waals surface area contributed by atoms with Crippen LogP contribution in [0.3, 0.4) is 0 Å². The summed E-state index contributed by atoms with van der Waals surface area (Å²) in [5.74, 6) is -0.391. The third kappa shape index (κ3) is 47.4. The zero-order valence-corrected chi connectivity index (χ0v) is 40.1. The van der Waals surface area contributed by atoms with Crippen molar-refractivity contribution in [2.24, 2.45) is 0 Å². The second kappa shape index (κ2) is 43.1. The lowest BCUT2D eigenvalue weighted by Crippen LogP contribution is -2.37. The number of ether oxygens (including phenoxy) is 2. The summed E-state index contributed by atoms with van der Waals surface area (Å²) < 4.78 is 35.0. The summed E-state index contributed by atoms with van der Waals surface area (Å²) in [6, 6.07) is 0. The van der Waals surface area contributed by atoms with Gasteiger partial charge in [-0.2, -0.15) is 0 Å². The summed E-state index contributed by atoms with van der Waals surface area (Å²) in [7, 11) is 1.63. The number of unbranched alkanes of at least 4 members (excludes halogenated alkanes) is 23. The molecule has 0 aliphatic carbocycles. The van der Waals surface area contributed by atoms with Gasteiger partial charge >= 0.3 is 13.8 Å². The second-order valence-electron chi connectivity index (χ2n) is 17.5. The van der Waals surface area contributed by atoms with Crippen LogP contribution in [0.5, 0.6) is 0 Å². The summed E-state index contributed by atoms with van der Waals surface area (Å²) in [6.45, 7) is 5.43. The van der Waals surface area contributed by atoms with Crippen molar-refractivity contribution < 1.29 is 37.3 Å². The van der Waals surface area contributed by atoms with Crippen molar-refractivity contribution in [3.05, 3.63) is 48.6 Å². The molecule has 0 aromatic carbocycles. The topological polar surface area (TPSA) is 91.3 Å². The number of rotatable bonds is 45. The molecule has 2 unspecified atom stereocenters. The molecule has 0 spiro atoms. The van der Waals surface area contributed by atoms with Crippen molar-refractivity contribution >= 4 is 13.8 Å². The summed E-state index contributed by atoms with van der Waals surface area (Å²) >= 11 is 0. The summed E-state index contributed by atoms with van der Waals surface area (Å²) in [5, 5.41) is 0. The van der Waals surface area contributed by atoms with E-state index in [0.29, 0.717) is 24.1 Å². The van der Waals surface area contributed by atoms with Gasteiger partial charge in [0.1, 0.15) is 19.3 Å². The van der Waals surface area contributed by atoms with E-state index in [1.165, 1.54) is 141 Å². The number of phosphoric acid groups is 1. The molecule has 9 heteroatoms. The Bertz CT molecular complexity index is 1080. The third-order valence-electron chi connectivity index (χ3n) is 10.4. The maximum absolute atomic E-state index is 12.7. The number of hydrogen-bond acceptors (Lipinski definition) is 6. The molecule has 346 valence electrons. The van der Waals surface area contributed by atoms with Gasteiger partial charge in [-0.3, -0.25) is 13.8 Å². The van der Waals surface area contributed by atoms with Gasteiger partial charge in [0.05, 0.1) is 34.4 Å². The van der Waals surface area contributed by atoms with Gasteiger partial charge in [0.15, 0.2) is 0 Å². The van der Waals surface area contributed by atoms with E-state index >= 15 is 0 Å². The van der Waals surface area contributed by atoms with Crippen LogP contribution < -0.4 is 0 Å². The van der Waals surface area contributed by atoms with Gasteiger partial charge < -0.3 is 18.9 Å². The number of esters is 1. The lowest BCUT2D eigenvalue weighted by molar-refractivity contribution is -0.870. The first-order valence-corrected chi connectivity index (χ1v) is 25.9. The Labute approximate surface area is 365 Å². The highest BCUT2D eigenvalue weighted by Gasteiger charge is 2.26. The van der Waals surface area contributed by atoms with E-state index in [0.717, 1.165) is 38.5 Å². The van der Waals surface area contributed by atoms with Crippen LogP contribution in [0, 0.1) is 0 Å². The molecule has 0 aromatic heterocycles. The molecule has 1 N–H and O–H groups in total. The van der Waals surface area contributed by atoms with Gasteiger partial charge in [-0.15, -0.1) is 0 Å². The average Bonchev–Trinajstić information content (AvgIpc) is 3.19. The SMILES string of the molecule is CC/C=C\C/C=C\C/C=C\C/C=C\CCC(=O)OC(COCCCCCCCCCCCCCCCCCCCCCCCCCC)COP(=O)(O)OCC[N+](C)(C)C. The van der Waals surface area contributed by atoms with Crippen molar-refractivity contribution in [2.45, 2.75) is 213 Å². The fourth-order valence-corrected chi connectivity index (χ4v) is 7.43. The van der Waals surface area contributed by atoms with Crippen LogP contribution >= 0.6 is 7.82 Å². The number of quaternary nitrogens is 1. The first-order chi connectivity index (χ1) is 28.6. The smallest absolute Gasteiger partial charge is 0.457 e. The normalized spacial score (nSPS) is 14.1. The molecule has 0 aromatic rings. The number of carbonyl (C=O) groups is 1. The van der Waals surface area contributed by atoms with Gasteiger partial charge in [0, 0.05) is 13.0 Å². The van der Waals surface area contributed by atoms with Crippen LogP contribution in [-0.4, -0.2) is 75.6 Å². The first-order valence-electron chi connectivity index (χ1n) is 24.4. The Hall–Kier alpha value is -1.54. The maximum atomic E-state index is 12.7. The van der Waals surface area contributed by atoms with E-state index in [-0.39, 0.29) is 26.2 Å². The summed E-state index contributed by atoms with van der Waals surface area (Å²) in [4.78, 5) is 22.9. The molecule has 0 aliphatic rings. The first kappa shape index (κ1) is 57.5. The van der Waals surface area contributed by atoms with Gasteiger partial charge in [0.2, 0.25) is 0 Å². The number of nitrogens with zero attached hydrogens (tertiary/aromatic N) is 1. The average molecular weight is 853 g/mol. The van der Waals surface area contributed by atoms with Crippen molar-refractivity contribution in [2.75, 3.05) is 54.1 Å². The fourth-order valence-electron chi connectivity index (χ4n) is 6.69. The predicted molar refractivity (Wildman–Crippen MR) is 252 cm³/mol. The standard InChI is InChI=1S/C50H94NO7P/c1-6-8-10-12-14-16-18-20-21-22-23-24-25-26-27-28-29-30-32-34-36-38-40-42-45-55-47-49(48-57-59(53,54)56-46-44-51(3,4)5)58-50(52)43-41-39-37-35-33-31-19-17-15-13-11-9-7-2/h9,11,15,17,31,33,37,39,49H,6-8,10,12-14,16,18-30,32,34-36,38,40-48H2,1-5H3/p+1/b11-9-,17-15-,33-31-,39-37-. The maximum Gasteiger partial charge on any atom is 0.472 e. The van der Waals surface area contributed by atoms with Gasteiger partial charge in [-0.1, -0.05) is 210 Å². The molecule has 0 rings (SSSR count). The highest BCUT2D eigenvalue weighted by molar-refractivity contribution is 7.47. The van der Waals surface area contributed by atoms with Crippen molar-refractivity contribution in [3.63, 3.8) is 0 Å². The molecule has 8 nitrogen and oxygen atoms in total. The molecule has 2 atom stereocenters. The van der Waals surface area contributed by atoms with E-state index in [1.807, 2.05) is 33.3 Å². The molecular formula is C50H95NO7P+. The molecule has 0 radical (unpaired) electrons. The zero-order valence-electron chi connectivity index (χ0n) is 39.2. The Kier molecular flexibility index (Phi) is 42.0. The van der Waals surface area contributed by atoms with E-state index in [2.05, 4.69) is 50.3 Å². The van der Waals surface area contributed by atoms with Crippen LogP contribution in [-0.2, 0) is 27.9 Å². The van der Waals surface area contributed by atoms with Crippen molar-refractivity contribution in [1.29, 1.82) is 0 Å². The van der Waals surface area contributed by atoms with Gasteiger partial charge in [-0.05, 0) is 38.5 Å². The Balaban J connectivity index is 4.11. The van der Waals surface area contributed by atoms with Crippen LogP contribution in [0.15, 0.2) is 48.6 Å². The Morgan fingerprint density at radius 1 is 0.542 bits per heavy atom. The van der Waals surface area contributed by atoms with E-state index < -0.39 is 19.9 Å². The summed E-state index contributed by atoms with van der Waals surface area (Å²) in [5.41, 5.74) is 0. The number of phosphoric ester groups is 1. The van der Waals surface area contributed by atoms with Crippen LogP contribution in [0.4, 0.5) is 0 Å². The lowest BCUT2D eigenvalue weighted by atomic mass is 10.0.